The Morgan fingerprint density at radius 2 is 2.33 bits per heavy atom. The molecule has 1 rings (SSSR count). The molecule has 0 saturated carbocycles. The van der Waals surface area contributed by atoms with Gasteiger partial charge in [0.1, 0.15) is 0 Å². The highest BCUT2D eigenvalue weighted by atomic mass is 32.2. The van der Waals surface area contributed by atoms with Crippen LogP contribution in [0.5, 0.6) is 0 Å². The van der Waals surface area contributed by atoms with E-state index in [1.54, 1.807) is 12.1 Å². The Balaban J connectivity index is 2.48. The Morgan fingerprint density at radius 1 is 1.61 bits per heavy atom. The summed E-state index contributed by atoms with van der Waals surface area (Å²) in [5.41, 5.74) is 6.78. The zero-order chi connectivity index (χ0) is 13.5. The summed E-state index contributed by atoms with van der Waals surface area (Å²) in [7, 11) is 0. The molecule has 5 nitrogen and oxygen atoms in total. The first-order valence-electron chi connectivity index (χ1n) is 5.70. The number of nitrogens with zero attached hydrogens (tertiary/aromatic N) is 1. The molecule has 0 saturated heterocycles. The van der Waals surface area contributed by atoms with E-state index < -0.39 is 0 Å². The minimum Gasteiger partial charge on any atom is -0.397 e. The fourth-order valence-corrected chi connectivity index (χ4v) is 2.17. The van der Waals surface area contributed by atoms with E-state index in [1.165, 1.54) is 18.0 Å². The number of carbonyl (C=O) groups excluding carboxylic acids is 1. The van der Waals surface area contributed by atoms with Crippen LogP contribution in [0.2, 0.25) is 0 Å². The van der Waals surface area contributed by atoms with Crippen molar-refractivity contribution < 1.29 is 9.90 Å². The van der Waals surface area contributed by atoms with Gasteiger partial charge in [0, 0.05) is 17.0 Å². The molecule has 0 fully saturated rings. The fraction of sp³-hybridized carbons (Fsp3) is 0.500. The number of amides is 1. The second-order valence-corrected chi connectivity index (χ2v) is 5.15. The number of anilines is 1. The summed E-state index contributed by atoms with van der Waals surface area (Å²) < 4.78 is 0. The molecule has 0 bridgehead atoms. The van der Waals surface area contributed by atoms with Crippen molar-refractivity contribution in [1.29, 1.82) is 0 Å². The molecule has 0 aliphatic heterocycles. The number of nitrogen functional groups attached to an aromatic ring is 1. The minimum absolute atomic E-state index is 0.00771. The molecule has 0 spiro atoms. The van der Waals surface area contributed by atoms with E-state index in [9.17, 15) is 4.79 Å². The van der Waals surface area contributed by atoms with Gasteiger partial charge in [0.2, 0.25) is 5.91 Å². The van der Waals surface area contributed by atoms with Crippen molar-refractivity contribution in [2.45, 2.75) is 24.6 Å². The van der Waals surface area contributed by atoms with Gasteiger partial charge in [-0.25, -0.2) is 0 Å². The van der Waals surface area contributed by atoms with Crippen LogP contribution in [0.1, 0.15) is 12.6 Å². The molecule has 0 aliphatic rings. The predicted molar refractivity (Wildman–Crippen MR) is 74.3 cm³/mol. The van der Waals surface area contributed by atoms with Crippen LogP contribution in [-0.4, -0.2) is 40.2 Å². The summed E-state index contributed by atoms with van der Waals surface area (Å²) in [5, 5.41) is 12.0. The van der Waals surface area contributed by atoms with Gasteiger partial charge >= 0.3 is 0 Å². The molecule has 100 valence electrons. The van der Waals surface area contributed by atoms with Crippen LogP contribution < -0.4 is 11.1 Å². The Hall–Kier alpha value is -1.27. The third kappa shape index (κ3) is 4.54. The molecule has 0 radical (unpaired) electrons. The zero-order valence-corrected chi connectivity index (χ0v) is 11.4. The van der Waals surface area contributed by atoms with Gasteiger partial charge in [0.15, 0.2) is 0 Å². The largest absolute Gasteiger partial charge is 0.397 e. The van der Waals surface area contributed by atoms with E-state index in [-0.39, 0.29) is 30.2 Å². The van der Waals surface area contributed by atoms with Crippen molar-refractivity contribution in [3.63, 3.8) is 0 Å². The van der Waals surface area contributed by atoms with Crippen molar-refractivity contribution in [2.75, 3.05) is 18.6 Å². The van der Waals surface area contributed by atoms with Crippen LogP contribution in [-0.2, 0) is 11.2 Å². The Morgan fingerprint density at radius 3 is 2.83 bits per heavy atom. The van der Waals surface area contributed by atoms with Gasteiger partial charge in [-0.05, 0) is 25.3 Å². The summed E-state index contributed by atoms with van der Waals surface area (Å²) in [6.45, 7) is 1.93. The molecule has 1 heterocycles. The third-order valence-electron chi connectivity index (χ3n) is 2.62. The standard InChI is InChI=1S/C12H19N3O2S/c1-8(11(7-16)18-2)15-12(17)5-10-4-3-9(13)6-14-10/h3-4,6,8,11,16H,5,7,13H2,1-2H3,(H,15,17). The number of aliphatic hydroxyl groups excluding tert-OH is 1. The molecule has 1 amide bonds. The average molecular weight is 269 g/mol. The van der Waals surface area contributed by atoms with Gasteiger partial charge in [-0.2, -0.15) is 11.8 Å². The third-order valence-corrected chi connectivity index (χ3v) is 3.78. The fourth-order valence-electron chi connectivity index (χ4n) is 1.54. The maximum atomic E-state index is 11.8. The molecular weight excluding hydrogens is 250 g/mol. The molecule has 0 aliphatic carbocycles. The Labute approximate surface area is 111 Å². The summed E-state index contributed by atoms with van der Waals surface area (Å²) in [6, 6.07) is 3.38. The maximum Gasteiger partial charge on any atom is 0.226 e. The van der Waals surface area contributed by atoms with E-state index in [0.717, 1.165) is 0 Å². The number of aromatic nitrogens is 1. The first kappa shape index (κ1) is 14.8. The smallest absolute Gasteiger partial charge is 0.226 e. The van der Waals surface area contributed by atoms with Crippen LogP contribution in [0, 0.1) is 0 Å². The van der Waals surface area contributed by atoms with Crippen molar-refractivity contribution in [1.82, 2.24) is 10.3 Å². The minimum atomic E-state index is -0.104. The van der Waals surface area contributed by atoms with E-state index >= 15 is 0 Å². The van der Waals surface area contributed by atoms with Crippen LogP contribution in [0.3, 0.4) is 0 Å². The van der Waals surface area contributed by atoms with Gasteiger partial charge in [-0.3, -0.25) is 9.78 Å². The number of nitrogens with two attached hydrogens (primary N) is 1. The predicted octanol–water partition coefficient (Wildman–Crippen LogP) is 0.435. The second-order valence-electron chi connectivity index (χ2n) is 4.07. The molecule has 1 aromatic heterocycles. The number of carbonyl (C=O) groups is 1. The zero-order valence-electron chi connectivity index (χ0n) is 10.6. The molecule has 4 N–H and O–H groups in total. The molecule has 1 aromatic rings. The lowest BCUT2D eigenvalue weighted by Crippen LogP contribution is -2.41. The quantitative estimate of drug-likeness (QED) is 0.697. The topological polar surface area (TPSA) is 88.2 Å². The van der Waals surface area contributed by atoms with Gasteiger partial charge in [0.05, 0.1) is 24.9 Å². The Kier molecular flexibility index (Phi) is 5.94. The van der Waals surface area contributed by atoms with E-state index in [2.05, 4.69) is 10.3 Å². The van der Waals surface area contributed by atoms with Gasteiger partial charge in [0.25, 0.3) is 0 Å². The lowest BCUT2D eigenvalue weighted by atomic mass is 10.2. The number of hydrogen-bond acceptors (Lipinski definition) is 5. The summed E-state index contributed by atoms with van der Waals surface area (Å²) in [5.74, 6) is -0.104. The number of hydrogen-bond donors (Lipinski definition) is 3. The maximum absolute atomic E-state index is 11.8. The normalized spacial score (nSPS) is 13.9. The van der Waals surface area contributed by atoms with E-state index in [4.69, 9.17) is 10.8 Å². The number of thioether (sulfide) groups is 1. The van der Waals surface area contributed by atoms with Gasteiger partial charge in [-0.1, -0.05) is 0 Å². The molecular formula is C12H19N3O2S. The first-order chi connectivity index (χ1) is 8.56. The molecule has 6 heteroatoms. The number of aliphatic hydroxyl groups is 1. The molecule has 2 atom stereocenters. The lowest BCUT2D eigenvalue weighted by Gasteiger charge is -2.21. The SMILES string of the molecule is CSC(CO)C(C)NC(=O)Cc1ccc(N)cn1. The average Bonchev–Trinajstić information content (AvgIpc) is 2.33. The molecule has 2 unspecified atom stereocenters. The lowest BCUT2D eigenvalue weighted by molar-refractivity contribution is -0.121. The van der Waals surface area contributed by atoms with Crippen molar-refractivity contribution in [2.24, 2.45) is 0 Å². The number of pyridine rings is 1. The van der Waals surface area contributed by atoms with Crippen molar-refractivity contribution in [3.05, 3.63) is 24.0 Å². The van der Waals surface area contributed by atoms with Crippen LogP contribution in [0.25, 0.3) is 0 Å². The highest BCUT2D eigenvalue weighted by molar-refractivity contribution is 7.99. The molecule has 0 aromatic carbocycles. The summed E-state index contributed by atoms with van der Waals surface area (Å²) in [4.78, 5) is 15.8. The van der Waals surface area contributed by atoms with Crippen LogP contribution >= 0.6 is 11.8 Å². The van der Waals surface area contributed by atoms with Gasteiger partial charge < -0.3 is 16.2 Å². The van der Waals surface area contributed by atoms with E-state index in [0.29, 0.717) is 11.4 Å². The van der Waals surface area contributed by atoms with E-state index in [1.807, 2.05) is 13.2 Å². The highest BCUT2D eigenvalue weighted by Crippen LogP contribution is 2.10. The van der Waals surface area contributed by atoms with Crippen molar-refractivity contribution >= 4 is 23.4 Å². The van der Waals surface area contributed by atoms with Crippen LogP contribution in [0.15, 0.2) is 18.3 Å². The van der Waals surface area contributed by atoms with Crippen molar-refractivity contribution in [3.8, 4) is 0 Å². The number of rotatable bonds is 6. The second kappa shape index (κ2) is 7.23. The van der Waals surface area contributed by atoms with Crippen LogP contribution in [0.4, 0.5) is 5.69 Å². The highest BCUT2D eigenvalue weighted by Gasteiger charge is 2.17. The summed E-state index contributed by atoms with van der Waals surface area (Å²) in [6.07, 6.45) is 3.66. The monoisotopic (exact) mass is 269 g/mol. The summed E-state index contributed by atoms with van der Waals surface area (Å²) >= 11 is 1.53. The molecule has 18 heavy (non-hydrogen) atoms. The Bertz CT molecular complexity index is 379. The van der Waals surface area contributed by atoms with Gasteiger partial charge in [-0.15, -0.1) is 0 Å². The first-order valence-corrected chi connectivity index (χ1v) is 6.99. The number of nitrogens with one attached hydrogen (secondary N) is 1.